The smallest absolute Gasteiger partial charge is 0.315 e. The first kappa shape index (κ1) is 23.4. The Kier molecular flexibility index (Phi) is 7.21. The fraction of sp³-hybridized carbons (Fsp3) is 0.333. The summed E-state index contributed by atoms with van der Waals surface area (Å²) in [6, 6.07) is 16.2. The molecule has 0 saturated carbocycles. The van der Waals surface area contributed by atoms with E-state index < -0.39 is 23.8 Å². The number of benzene rings is 2. The predicted molar refractivity (Wildman–Crippen MR) is 126 cm³/mol. The van der Waals surface area contributed by atoms with Crippen molar-refractivity contribution < 1.29 is 28.6 Å². The Morgan fingerprint density at radius 2 is 1.71 bits per heavy atom. The van der Waals surface area contributed by atoms with Gasteiger partial charge in [-0.2, -0.15) is 0 Å². The van der Waals surface area contributed by atoms with Crippen LogP contribution in [0.2, 0.25) is 0 Å². The average molecular weight is 462 g/mol. The lowest BCUT2D eigenvalue weighted by atomic mass is 9.72. The van der Waals surface area contributed by atoms with Gasteiger partial charge in [-0.1, -0.05) is 30.3 Å². The first-order chi connectivity index (χ1) is 16.4. The number of hydrogen-bond acceptors (Lipinski definition) is 7. The summed E-state index contributed by atoms with van der Waals surface area (Å²) in [5.74, 6) is -0.985. The molecule has 0 radical (unpaired) electrons. The molecule has 7 heteroatoms. The molecule has 4 rings (SSSR count). The minimum atomic E-state index is -0.725. The van der Waals surface area contributed by atoms with Gasteiger partial charge in [-0.05, 0) is 49.6 Å². The quantitative estimate of drug-likeness (QED) is 0.345. The van der Waals surface area contributed by atoms with Gasteiger partial charge in [-0.25, -0.2) is 0 Å². The monoisotopic (exact) mass is 461 g/mol. The fourth-order valence-corrected chi connectivity index (χ4v) is 4.49. The van der Waals surface area contributed by atoms with Crippen molar-refractivity contribution in [1.82, 2.24) is 0 Å². The van der Waals surface area contributed by atoms with Crippen molar-refractivity contribution in [3.05, 3.63) is 71.4 Å². The molecule has 176 valence electrons. The van der Waals surface area contributed by atoms with Gasteiger partial charge < -0.3 is 14.2 Å². The summed E-state index contributed by atoms with van der Waals surface area (Å²) in [5.41, 5.74) is 2.73. The first-order valence-electron chi connectivity index (χ1n) is 11.4. The largest absolute Gasteiger partial charge is 0.490 e. The Labute approximate surface area is 198 Å². The van der Waals surface area contributed by atoms with Gasteiger partial charge in [0.15, 0.2) is 5.78 Å². The zero-order valence-corrected chi connectivity index (χ0v) is 19.3. The summed E-state index contributed by atoms with van der Waals surface area (Å²) >= 11 is 0. The van der Waals surface area contributed by atoms with Crippen molar-refractivity contribution in [1.29, 1.82) is 0 Å². The van der Waals surface area contributed by atoms with Crippen LogP contribution in [0, 0.1) is 5.92 Å². The molecule has 34 heavy (non-hydrogen) atoms. The number of ether oxygens (including phenoxy) is 3. The Hall–Kier alpha value is -3.74. The summed E-state index contributed by atoms with van der Waals surface area (Å²) in [7, 11) is 0. The Balaban J connectivity index is 1.56. The lowest BCUT2D eigenvalue weighted by molar-refractivity contribution is -0.147. The van der Waals surface area contributed by atoms with Crippen molar-refractivity contribution in [3.63, 3.8) is 0 Å². The molecule has 2 atom stereocenters. The topological polar surface area (TPSA) is 91.3 Å². The normalized spacial score (nSPS) is 19.7. The average Bonchev–Trinajstić information content (AvgIpc) is 2.82. The number of esters is 2. The van der Waals surface area contributed by atoms with Crippen LogP contribution in [0.4, 0.5) is 0 Å². The van der Waals surface area contributed by atoms with E-state index in [1.54, 1.807) is 31.2 Å². The fourth-order valence-electron chi connectivity index (χ4n) is 4.49. The van der Waals surface area contributed by atoms with E-state index in [1.807, 2.05) is 30.3 Å². The molecule has 0 fully saturated rings. The number of carbonyl (C=O) groups is 3. The zero-order valence-electron chi connectivity index (χ0n) is 19.3. The molecule has 0 aromatic heterocycles. The Bertz CT molecular complexity index is 1130. The molecule has 1 aliphatic carbocycles. The second-order valence-electron chi connectivity index (χ2n) is 8.34. The van der Waals surface area contributed by atoms with Gasteiger partial charge in [-0.3, -0.25) is 19.4 Å². The highest BCUT2D eigenvalue weighted by molar-refractivity contribution is 6.08. The minimum absolute atomic E-state index is 0.0109. The first-order valence-corrected chi connectivity index (χ1v) is 11.4. The second-order valence-corrected chi connectivity index (χ2v) is 8.34. The lowest BCUT2D eigenvalue weighted by Crippen LogP contribution is -2.37. The summed E-state index contributed by atoms with van der Waals surface area (Å²) in [5, 5.41) is 0. The van der Waals surface area contributed by atoms with Crippen LogP contribution in [0.1, 0.15) is 44.6 Å². The molecule has 0 amide bonds. The van der Waals surface area contributed by atoms with E-state index in [2.05, 4.69) is 4.99 Å². The van der Waals surface area contributed by atoms with Gasteiger partial charge in [-0.15, -0.1) is 0 Å². The maximum absolute atomic E-state index is 13.2. The molecule has 0 bridgehead atoms. The van der Waals surface area contributed by atoms with Crippen LogP contribution >= 0.6 is 0 Å². The number of para-hydroxylation sites is 1. The van der Waals surface area contributed by atoms with Gasteiger partial charge in [0.1, 0.15) is 30.6 Å². The number of Topliss-reactive ketones (excluding diaryl/α,β-unsaturated/α-hetero) is 1. The SMILES string of the molecule is CC(=O)Oc1ccc([C@H]2C3=C(CCCC3=O)N=C(C)C2C(=O)OCCOc2ccccc2)cc1. The van der Waals surface area contributed by atoms with E-state index in [1.165, 1.54) is 6.92 Å². The van der Waals surface area contributed by atoms with E-state index >= 15 is 0 Å². The molecule has 1 unspecified atom stereocenters. The summed E-state index contributed by atoms with van der Waals surface area (Å²) < 4.78 is 16.3. The number of ketones is 1. The summed E-state index contributed by atoms with van der Waals surface area (Å²) in [4.78, 5) is 42.1. The van der Waals surface area contributed by atoms with E-state index in [0.717, 1.165) is 17.7 Å². The van der Waals surface area contributed by atoms with Crippen LogP contribution in [0.15, 0.2) is 70.9 Å². The van der Waals surface area contributed by atoms with Crippen LogP contribution in [0.25, 0.3) is 0 Å². The molecule has 1 heterocycles. The third-order valence-electron chi connectivity index (χ3n) is 5.93. The van der Waals surface area contributed by atoms with Crippen molar-refractivity contribution in [2.75, 3.05) is 13.2 Å². The second kappa shape index (κ2) is 10.5. The number of hydrogen-bond donors (Lipinski definition) is 0. The molecule has 0 saturated heterocycles. The van der Waals surface area contributed by atoms with E-state index in [4.69, 9.17) is 14.2 Å². The molecule has 7 nitrogen and oxygen atoms in total. The third kappa shape index (κ3) is 5.25. The maximum atomic E-state index is 13.2. The molecule has 1 aliphatic heterocycles. The summed E-state index contributed by atoms with van der Waals surface area (Å²) in [6.45, 7) is 3.43. The number of carbonyl (C=O) groups excluding carboxylic acids is 3. The Morgan fingerprint density at radius 3 is 2.41 bits per heavy atom. The standard InChI is InChI=1S/C27H27NO6/c1-17-24(27(31)33-16-15-32-20-7-4-3-5-8-20)25(26-22(28-17)9-6-10-23(26)30)19-11-13-21(14-12-19)34-18(2)29/h3-5,7-8,11-14,24-25H,6,9-10,15-16H2,1-2H3/t24?,25-/m1/s1. The Morgan fingerprint density at radius 1 is 0.971 bits per heavy atom. The highest BCUT2D eigenvalue weighted by Crippen LogP contribution is 2.43. The van der Waals surface area contributed by atoms with Crippen molar-refractivity contribution in [2.24, 2.45) is 10.9 Å². The van der Waals surface area contributed by atoms with Crippen LogP contribution < -0.4 is 9.47 Å². The molecular weight excluding hydrogens is 434 g/mol. The van der Waals surface area contributed by atoms with Gasteiger partial charge in [0.25, 0.3) is 0 Å². The van der Waals surface area contributed by atoms with E-state index in [0.29, 0.717) is 35.6 Å². The highest BCUT2D eigenvalue weighted by Gasteiger charge is 2.43. The maximum Gasteiger partial charge on any atom is 0.315 e. The van der Waals surface area contributed by atoms with Gasteiger partial charge in [0, 0.05) is 36.2 Å². The third-order valence-corrected chi connectivity index (χ3v) is 5.93. The molecule has 0 N–H and O–H groups in total. The zero-order chi connectivity index (χ0) is 24.1. The van der Waals surface area contributed by atoms with E-state index in [9.17, 15) is 14.4 Å². The van der Waals surface area contributed by atoms with Crippen LogP contribution in [-0.2, 0) is 19.1 Å². The molecule has 0 spiro atoms. The van der Waals surface area contributed by atoms with Gasteiger partial charge in [0.05, 0.1) is 0 Å². The molecule has 2 aromatic carbocycles. The molecular formula is C27H27NO6. The van der Waals surface area contributed by atoms with Crippen LogP contribution in [-0.4, -0.2) is 36.6 Å². The molecule has 2 aromatic rings. The predicted octanol–water partition coefficient (Wildman–Crippen LogP) is 4.42. The number of allylic oxidation sites excluding steroid dienone is 2. The van der Waals surface area contributed by atoms with Crippen molar-refractivity contribution in [2.45, 2.75) is 39.0 Å². The number of nitrogens with zero attached hydrogens (tertiary/aromatic N) is 1. The minimum Gasteiger partial charge on any atom is -0.490 e. The lowest BCUT2D eigenvalue weighted by Gasteiger charge is -2.34. The van der Waals surface area contributed by atoms with Crippen LogP contribution in [0.3, 0.4) is 0 Å². The van der Waals surface area contributed by atoms with E-state index in [-0.39, 0.29) is 19.0 Å². The summed E-state index contributed by atoms with van der Waals surface area (Å²) in [6.07, 6.45) is 1.88. The molecule has 2 aliphatic rings. The van der Waals surface area contributed by atoms with Crippen molar-refractivity contribution in [3.8, 4) is 11.5 Å². The van der Waals surface area contributed by atoms with Gasteiger partial charge in [0.2, 0.25) is 0 Å². The number of rotatable bonds is 7. The highest BCUT2D eigenvalue weighted by atomic mass is 16.6. The van der Waals surface area contributed by atoms with Crippen molar-refractivity contribution >= 4 is 23.4 Å². The van der Waals surface area contributed by atoms with Crippen LogP contribution in [0.5, 0.6) is 11.5 Å². The van der Waals surface area contributed by atoms with Gasteiger partial charge >= 0.3 is 11.9 Å². The number of aliphatic imine (C=N–C) groups is 1.